The van der Waals surface area contributed by atoms with Crippen LogP contribution in [0, 0.1) is 5.92 Å². The third-order valence-corrected chi connectivity index (χ3v) is 4.44. The first-order chi connectivity index (χ1) is 9.93. The van der Waals surface area contributed by atoms with Crippen LogP contribution in [0.5, 0.6) is 0 Å². The number of nitrogens with zero attached hydrogens (tertiary/aromatic N) is 1. The molecule has 0 aliphatic carbocycles. The van der Waals surface area contributed by atoms with Gasteiger partial charge in [0.15, 0.2) is 0 Å². The fourth-order valence-electron chi connectivity index (χ4n) is 2.58. The quantitative estimate of drug-likeness (QED) is 0.798. The summed E-state index contributed by atoms with van der Waals surface area (Å²) >= 11 is 11.9. The summed E-state index contributed by atoms with van der Waals surface area (Å²) in [6.45, 7) is 2.07. The summed E-state index contributed by atoms with van der Waals surface area (Å²) in [4.78, 5) is 25.6. The van der Waals surface area contributed by atoms with Gasteiger partial charge in [0.2, 0.25) is 5.91 Å². The van der Waals surface area contributed by atoms with Crippen molar-refractivity contribution in [3.8, 4) is 0 Å². The van der Waals surface area contributed by atoms with Crippen molar-refractivity contribution < 1.29 is 14.3 Å². The van der Waals surface area contributed by atoms with Gasteiger partial charge in [-0.15, -0.1) is 0 Å². The highest BCUT2D eigenvalue weighted by Gasteiger charge is 2.41. The van der Waals surface area contributed by atoms with Crippen LogP contribution >= 0.6 is 23.2 Å². The van der Waals surface area contributed by atoms with E-state index in [0.717, 1.165) is 5.56 Å². The predicted molar refractivity (Wildman–Crippen MR) is 81.5 cm³/mol. The number of hydrogen-bond acceptors (Lipinski definition) is 3. The van der Waals surface area contributed by atoms with Crippen LogP contribution in [0.4, 0.5) is 0 Å². The molecule has 6 heteroatoms. The monoisotopic (exact) mass is 329 g/mol. The maximum atomic E-state index is 12.2. The van der Waals surface area contributed by atoms with Crippen molar-refractivity contribution in [1.29, 1.82) is 0 Å². The molecule has 1 amide bonds. The number of carbonyl (C=O) groups is 2. The molecule has 0 spiro atoms. The average Bonchev–Trinajstić information content (AvgIpc) is 2.72. The topological polar surface area (TPSA) is 46.6 Å². The zero-order chi connectivity index (χ0) is 15.6. The van der Waals surface area contributed by atoms with Crippen LogP contribution in [0.2, 0.25) is 10.0 Å². The summed E-state index contributed by atoms with van der Waals surface area (Å²) in [6, 6.07) is 4.82. The molecule has 21 heavy (non-hydrogen) atoms. The Morgan fingerprint density at radius 2 is 2.10 bits per heavy atom. The van der Waals surface area contributed by atoms with E-state index in [0.29, 0.717) is 29.5 Å². The second kappa shape index (κ2) is 6.67. The van der Waals surface area contributed by atoms with Crippen LogP contribution in [-0.4, -0.2) is 36.5 Å². The molecule has 0 radical (unpaired) electrons. The lowest BCUT2D eigenvalue weighted by molar-refractivity contribution is -0.150. The second-order valence-electron chi connectivity index (χ2n) is 5.10. The maximum Gasteiger partial charge on any atom is 0.328 e. The summed E-state index contributed by atoms with van der Waals surface area (Å²) in [5.74, 6) is -0.620. The number of halogens is 2. The number of benzene rings is 1. The lowest BCUT2D eigenvalue weighted by Gasteiger charge is -2.17. The lowest BCUT2D eigenvalue weighted by Crippen LogP contribution is -2.36. The highest BCUT2D eigenvalue weighted by atomic mass is 35.5. The molecule has 1 heterocycles. The number of ether oxygens (including phenoxy) is 1. The number of likely N-dealkylation sites (N-methyl/N-ethyl adjacent to an activating group) is 1. The van der Waals surface area contributed by atoms with Crippen LogP contribution < -0.4 is 0 Å². The zero-order valence-electron chi connectivity index (χ0n) is 11.9. The zero-order valence-corrected chi connectivity index (χ0v) is 13.4. The van der Waals surface area contributed by atoms with Crippen LogP contribution in [0.25, 0.3) is 0 Å². The van der Waals surface area contributed by atoms with E-state index in [1.807, 2.05) is 6.07 Å². The van der Waals surface area contributed by atoms with E-state index in [4.69, 9.17) is 27.9 Å². The fraction of sp³-hybridized carbons (Fsp3) is 0.467. The van der Waals surface area contributed by atoms with Crippen molar-refractivity contribution in [3.05, 3.63) is 33.8 Å². The van der Waals surface area contributed by atoms with E-state index >= 15 is 0 Å². The molecule has 0 unspecified atom stereocenters. The largest absolute Gasteiger partial charge is 0.464 e. The number of esters is 1. The Kier molecular flexibility index (Phi) is 5.12. The van der Waals surface area contributed by atoms with Crippen molar-refractivity contribution in [2.75, 3.05) is 13.7 Å². The first-order valence-corrected chi connectivity index (χ1v) is 7.56. The van der Waals surface area contributed by atoms with Crippen molar-refractivity contribution in [2.24, 2.45) is 5.92 Å². The Morgan fingerprint density at radius 3 is 2.71 bits per heavy atom. The molecule has 4 nitrogen and oxygen atoms in total. The third-order valence-electron chi connectivity index (χ3n) is 3.70. The molecule has 1 aliphatic heterocycles. The Hall–Kier alpha value is -1.26. The van der Waals surface area contributed by atoms with E-state index in [2.05, 4.69) is 0 Å². The van der Waals surface area contributed by atoms with Crippen molar-refractivity contribution in [1.82, 2.24) is 4.90 Å². The van der Waals surface area contributed by atoms with Gasteiger partial charge in [-0.05, 0) is 37.5 Å². The number of rotatable bonds is 4. The Bertz CT molecular complexity index is 562. The summed E-state index contributed by atoms with van der Waals surface area (Å²) in [7, 11) is 1.64. The van der Waals surface area contributed by atoms with Crippen LogP contribution in [0.15, 0.2) is 18.2 Å². The summed E-state index contributed by atoms with van der Waals surface area (Å²) in [6.07, 6.45) is 1.00. The smallest absolute Gasteiger partial charge is 0.328 e. The van der Waals surface area contributed by atoms with Gasteiger partial charge in [0.25, 0.3) is 0 Å². The lowest BCUT2D eigenvalue weighted by atomic mass is 9.96. The maximum absolute atomic E-state index is 12.2. The van der Waals surface area contributed by atoms with E-state index in [1.165, 1.54) is 4.90 Å². The molecule has 0 N–H and O–H groups in total. The molecule has 1 fully saturated rings. The normalized spacial score (nSPS) is 21.7. The van der Waals surface area contributed by atoms with Crippen LogP contribution in [0.1, 0.15) is 18.9 Å². The van der Waals surface area contributed by atoms with Gasteiger partial charge in [0, 0.05) is 13.0 Å². The van der Waals surface area contributed by atoms with Gasteiger partial charge in [-0.3, -0.25) is 4.79 Å². The van der Waals surface area contributed by atoms with Gasteiger partial charge in [-0.2, -0.15) is 0 Å². The molecule has 1 aromatic rings. The molecule has 1 saturated heterocycles. The molecule has 1 aliphatic rings. The van der Waals surface area contributed by atoms with E-state index < -0.39 is 6.04 Å². The van der Waals surface area contributed by atoms with Gasteiger partial charge in [0.05, 0.1) is 16.7 Å². The highest BCUT2D eigenvalue weighted by Crippen LogP contribution is 2.29. The molecule has 0 saturated carbocycles. The van der Waals surface area contributed by atoms with Crippen LogP contribution in [-0.2, 0) is 20.7 Å². The SMILES string of the molecule is CCOC(=O)[C@H]1C[C@@H](Cc2ccc(Cl)c(Cl)c2)C(=O)N1C. The molecule has 2 atom stereocenters. The molecule has 0 aromatic heterocycles. The summed E-state index contributed by atoms with van der Waals surface area (Å²) in [5, 5.41) is 0.953. The molecule has 0 bridgehead atoms. The number of hydrogen-bond donors (Lipinski definition) is 0. The first kappa shape index (κ1) is 16.1. The average molecular weight is 330 g/mol. The molecule has 114 valence electrons. The molecule has 1 aromatic carbocycles. The second-order valence-corrected chi connectivity index (χ2v) is 5.92. The third kappa shape index (κ3) is 3.50. The van der Waals surface area contributed by atoms with Crippen LogP contribution in [0.3, 0.4) is 0 Å². The minimum Gasteiger partial charge on any atom is -0.464 e. The van der Waals surface area contributed by atoms with E-state index in [-0.39, 0.29) is 17.8 Å². The summed E-state index contributed by atoms with van der Waals surface area (Å²) in [5.41, 5.74) is 0.931. The van der Waals surface area contributed by atoms with E-state index in [1.54, 1.807) is 26.1 Å². The standard InChI is InChI=1S/C15H17Cl2NO3/c1-3-21-15(20)13-8-10(14(19)18(13)2)6-9-4-5-11(16)12(17)7-9/h4-5,7,10,13H,3,6,8H2,1-2H3/t10-,13-/m1/s1. The Balaban J connectivity index is 2.09. The number of amides is 1. The van der Waals surface area contributed by atoms with Gasteiger partial charge >= 0.3 is 5.97 Å². The molecule has 2 rings (SSSR count). The van der Waals surface area contributed by atoms with E-state index in [9.17, 15) is 9.59 Å². The van der Waals surface area contributed by atoms with Gasteiger partial charge in [-0.25, -0.2) is 4.79 Å². The molecular formula is C15H17Cl2NO3. The predicted octanol–water partition coefficient (Wildman–Crippen LogP) is 2.95. The Labute approximate surface area is 134 Å². The minimum absolute atomic E-state index is 0.0425. The Morgan fingerprint density at radius 1 is 1.38 bits per heavy atom. The molecular weight excluding hydrogens is 313 g/mol. The van der Waals surface area contributed by atoms with Gasteiger partial charge in [0.1, 0.15) is 6.04 Å². The van der Waals surface area contributed by atoms with Crippen molar-refractivity contribution in [2.45, 2.75) is 25.8 Å². The number of carbonyl (C=O) groups excluding carboxylic acids is 2. The fourth-order valence-corrected chi connectivity index (χ4v) is 2.91. The highest BCUT2D eigenvalue weighted by molar-refractivity contribution is 6.42. The first-order valence-electron chi connectivity index (χ1n) is 6.81. The summed E-state index contributed by atoms with van der Waals surface area (Å²) < 4.78 is 5.01. The van der Waals surface area contributed by atoms with Crippen molar-refractivity contribution in [3.63, 3.8) is 0 Å². The van der Waals surface area contributed by atoms with Crippen molar-refractivity contribution >= 4 is 35.1 Å². The van der Waals surface area contributed by atoms with Gasteiger partial charge in [-0.1, -0.05) is 29.3 Å². The number of likely N-dealkylation sites (tertiary alicyclic amines) is 1. The van der Waals surface area contributed by atoms with Gasteiger partial charge < -0.3 is 9.64 Å². The minimum atomic E-state index is -0.495.